The predicted molar refractivity (Wildman–Crippen MR) is 188 cm³/mol. The minimum absolute atomic E-state index is 0.0312. The Morgan fingerprint density at radius 3 is 2.20 bits per heavy atom. The van der Waals surface area contributed by atoms with Crippen LogP contribution >= 0.6 is 0 Å². The van der Waals surface area contributed by atoms with E-state index in [0.717, 1.165) is 16.7 Å². The van der Waals surface area contributed by atoms with E-state index in [4.69, 9.17) is 18.9 Å². The third-order valence-electron chi connectivity index (χ3n) is 8.49. The molecule has 0 bridgehead atoms. The van der Waals surface area contributed by atoms with Gasteiger partial charge in [-0.3, -0.25) is 9.78 Å². The maximum Gasteiger partial charge on any atom is 0.277 e. The van der Waals surface area contributed by atoms with E-state index in [2.05, 4.69) is 26.8 Å². The largest absolute Gasteiger partial charge is 0.497 e. The van der Waals surface area contributed by atoms with Gasteiger partial charge in [0.15, 0.2) is 0 Å². The summed E-state index contributed by atoms with van der Waals surface area (Å²) in [6.07, 6.45) is 1.23. The molecule has 1 saturated heterocycles. The standard InChI is InChI=1S/C38H39N5O6/c1-6-10-25-22-43(35-34(25)40-37(41-36(35)45)39-24-42(2)3)33-21-31(44)32(49-33)23-48-38(26-11-8-7-9-12-26,27-13-17-29(46-4)18-14-27)28-15-19-30(47-5)20-16-28/h7-9,11-20,22,24,31-33,44H,21,23H2,1-5H3,(H,40,41,45)/t31-,32+,33-/m0/s1. The number of hydrogen-bond acceptors (Lipinski definition) is 8. The minimum atomic E-state index is -1.09. The summed E-state index contributed by atoms with van der Waals surface area (Å²) in [5.74, 6) is 7.53. The normalized spacial score (nSPS) is 17.6. The molecule has 11 heteroatoms. The molecule has 6 rings (SSSR count). The first-order valence-electron chi connectivity index (χ1n) is 15.9. The number of aromatic amines is 1. The molecule has 252 valence electrons. The van der Waals surface area contributed by atoms with E-state index in [-0.39, 0.29) is 30.1 Å². The van der Waals surface area contributed by atoms with Crippen molar-refractivity contribution in [3.63, 3.8) is 0 Å². The van der Waals surface area contributed by atoms with Crippen molar-refractivity contribution < 1.29 is 24.1 Å². The number of benzene rings is 3. The Hall–Kier alpha value is -5.41. The summed E-state index contributed by atoms with van der Waals surface area (Å²) in [5, 5.41) is 11.4. The molecule has 0 saturated carbocycles. The highest BCUT2D eigenvalue weighted by molar-refractivity contribution is 5.83. The van der Waals surface area contributed by atoms with Crippen LogP contribution in [0.1, 0.15) is 41.8 Å². The Labute approximate surface area is 284 Å². The highest BCUT2D eigenvalue weighted by Crippen LogP contribution is 2.43. The van der Waals surface area contributed by atoms with Crippen LogP contribution in [0.5, 0.6) is 11.5 Å². The monoisotopic (exact) mass is 661 g/mol. The van der Waals surface area contributed by atoms with Crippen molar-refractivity contribution in [2.75, 3.05) is 34.9 Å². The van der Waals surface area contributed by atoms with Gasteiger partial charge in [0.2, 0.25) is 5.95 Å². The summed E-state index contributed by atoms with van der Waals surface area (Å²) < 4.78 is 26.1. The van der Waals surface area contributed by atoms with E-state index in [1.54, 1.807) is 43.1 Å². The van der Waals surface area contributed by atoms with Gasteiger partial charge in [-0.15, -0.1) is 5.92 Å². The topological polar surface area (TPSA) is 123 Å². The fourth-order valence-corrected chi connectivity index (χ4v) is 6.15. The lowest BCUT2D eigenvalue weighted by Gasteiger charge is -2.37. The summed E-state index contributed by atoms with van der Waals surface area (Å²) in [6.45, 7) is 1.75. The van der Waals surface area contributed by atoms with Crippen LogP contribution in [-0.2, 0) is 15.1 Å². The highest BCUT2D eigenvalue weighted by atomic mass is 16.6. The molecule has 0 aliphatic carbocycles. The predicted octanol–water partition coefficient (Wildman–Crippen LogP) is 4.99. The lowest BCUT2D eigenvalue weighted by atomic mass is 9.80. The van der Waals surface area contributed by atoms with E-state index in [1.807, 2.05) is 93.0 Å². The van der Waals surface area contributed by atoms with Crippen molar-refractivity contribution in [1.82, 2.24) is 19.4 Å². The second kappa shape index (κ2) is 14.4. The molecule has 0 radical (unpaired) electrons. The van der Waals surface area contributed by atoms with Crippen molar-refractivity contribution in [2.45, 2.75) is 37.4 Å². The smallest absolute Gasteiger partial charge is 0.277 e. The van der Waals surface area contributed by atoms with Gasteiger partial charge in [-0.1, -0.05) is 60.5 Å². The summed E-state index contributed by atoms with van der Waals surface area (Å²) in [7, 11) is 6.90. The SMILES string of the molecule is CC#Cc1cn([C@@H]2C[C@H](O)[C@@H](COC(c3ccccc3)(c3ccc(OC)cc3)c3ccc(OC)cc3)O2)c2c(=O)[nH]c(N=CN(C)C)nc12. The van der Waals surface area contributed by atoms with E-state index in [9.17, 15) is 9.90 Å². The maximum atomic E-state index is 13.4. The first-order chi connectivity index (χ1) is 23.8. The van der Waals surface area contributed by atoms with Crippen molar-refractivity contribution in [1.29, 1.82) is 0 Å². The van der Waals surface area contributed by atoms with Gasteiger partial charge >= 0.3 is 0 Å². The summed E-state index contributed by atoms with van der Waals surface area (Å²) in [5.41, 5.74) is 2.38. The third-order valence-corrected chi connectivity index (χ3v) is 8.49. The Balaban J connectivity index is 1.37. The molecule has 3 atom stereocenters. The molecular weight excluding hydrogens is 622 g/mol. The number of ether oxygens (including phenoxy) is 4. The van der Waals surface area contributed by atoms with Crippen LogP contribution in [-0.4, -0.2) is 78.0 Å². The number of hydrogen-bond donors (Lipinski definition) is 2. The Morgan fingerprint density at radius 1 is 1.02 bits per heavy atom. The van der Waals surface area contributed by atoms with Gasteiger partial charge in [0, 0.05) is 26.7 Å². The quantitative estimate of drug-likeness (QED) is 0.0879. The fraction of sp³-hybridized carbons (Fsp3) is 0.289. The van der Waals surface area contributed by atoms with Crippen LogP contribution in [0.25, 0.3) is 11.0 Å². The van der Waals surface area contributed by atoms with E-state index >= 15 is 0 Å². The van der Waals surface area contributed by atoms with Gasteiger partial charge < -0.3 is 33.5 Å². The maximum absolute atomic E-state index is 13.4. The molecule has 49 heavy (non-hydrogen) atoms. The van der Waals surface area contributed by atoms with E-state index in [1.165, 1.54) is 0 Å². The second-order valence-electron chi connectivity index (χ2n) is 11.9. The molecule has 3 aromatic carbocycles. The van der Waals surface area contributed by atoms with Crippen molar-refractivity contribution in [2.24, 2.45) is 4.99 Å². The molecule has 1 aliphatic heterocycles. The molecule has 0 spiro atoms. The second-order valence-corrected chi connectivity index (χ2v) is 11.9. The van der Waals surface area contributed by atoms with Gasteiger partial charge in [-0.2, -0.15) is 0 Å². The van der Waals surface area contributed by atoms with E-state index < -0.39 is 24.0 Å². The molecule has 11 nitrogen and oxygen atoms in total. The van der Waals surface area contributed by atoms with Gasteiger partial charge in [0.05, 0.1) is 38.8 Å². The first-order valence-corrected chi connectivity index (χ1v) is 15.9. The number of aromatic nitrogens is 3. The zero-order valence-corrected chi connectivity index (χ0v) is 28.1. The molecule has 2 aromatic heterocycles. The van der Waals surface area contributed by atoms with Crippen molar-refractivity contribution >= 4 is 23.3 Å². The van der Waals surface area contributed by atoms with Crippen LogP contribution in [0.2, 0.25) is 0 Å². The fourth-order valence-electron chi connectivity index (χ4n) is 6.15. The first kappa shape index (κ1) is 33.5. The van der Waals surface area contributed by atoms with Crippen LogP contribution in [0.3, 0.4) is 0 Å². The number of nitrogens with zero attached hydrogens (tertiary/aromatic N) is 4. The van der Waals surface area contributed by atoms with Crippen LogP contribution in [0, 0.1) is 11.8 Å². The van der Waals surface area contributed by atoms with Crippen LogP contribution < -0.4 is 15.0 Å². The van der Waals surface area contributed by atoms with Crippen LogP contribution in [0.4, 0.5) is 5.95 Å². The number of aliphatic hydroxyl groups excluding tert-OH is 1. The average Bonchev–Trinajstić information content (AvgIpc) is 3.68. The molecule has 1 fully saturated rings. The van der Waals surface area contributed by atoms with Gasteiger partial charge in [0.25, 0.3) is 5.56 Å². The van der Waals surface area contributed by atoms with Crippen LogP contribution in [0.15, 0.2) is 94.8 Å². The molecule has 0 amide bonds. The Morgan fingerprint density at radius 2 is 1.63 bits per heavy atom. The lowest BCUT2D eigenvalue weighted by Crippen LogP contribution is -2.38. The molecule has 5 aromatic rings. The minimum Gasteiger partial charge on any atom is -0.497 e. The molecule has 2 N–H and O–H groups in total. The third kappa shape index (κ3) is 6.67. The summed E-state index contributed by atoms with van der Waals surface area (Å²) in [4.78, 5) is 26.7. The highest BCUT2D eigenvalue weighted by Gasteiger charge is 2.42. The molecule has 3 heterocycles. The zero-order valence-electron chi connectivity index (χ0n) is 28.1. The summed E-state index contributed by atoms with van der Waals surface area (Å²) in [6, 6.07) is 25.4. The Kier molecular flexibility index (Phi) is 9.82. The number of methoxy groups -OCH3 is 2. The van der Waals surface area contributed by atoms with E-state index in [0.29, 0.717) is 22.6 Å². The number of aliphatic imine (C=N–C) groups is 1. The van der Waals surface area contributed by atoms with Gasteiger partial charge in [-0.25, -0.2) is 9.98 Å². The van der Waals surface area contributed by atoms with Crippen molar-refractivity contribution in [3.8, 4) is 23.3 Å². The molecule has 1 aliphatic rings. The number of fused-ring (bicyclic) bond motifs is 1. The summed E-state index contributed by atoms with van der Waals surface area (Å²) >= 11 is 0. The molecule has 0 unspecified atom stereocenters. The number of H-pyrrole nitrogens is 1. The Bertz CT molecular complexity index is 2000. The lowest BCUT2D eigenvalue weighted by molar-refractivity contribution is -0.0929. The zero-order chi connectivity index (χ0) is 34.5. The average molecular weight is 662 g/mol. The number of aliphatic hydroxyl groups is 1. The number of nitrogens with one attached hydrogen (secondary N) is 1. The van der Waals surface area contributed by atoms with Crippen molar-refractivity contribution in [3.05, 3.63) is 118 Å². The van der Waals surface area contributed by atoms with Gasteiger partial charge in [0.1, 0.15) is 40.5 Å². The van der Waals surface area contributed by atoms with Gasteiger partial charge in [-0.05, 0) is 47.9 Å². The number of rotatable bonds is 11. The molecular formula is C38H39N5O6.